The number of rotatable bonds is 3. The van der Waals surface area contributed by atoms with Gasteiger partial charge in [0, 0.05) is 26.2 Å². The fourth-order valence-corrected chi connectivity index (χ4v) is 4.00. The van der Waals surface area contributed by atoms with Crippen molar-refractivity contribution in [2.24, 2.45) is 5.41 Å². The Morgan fingerprint density at radius 2 is 2.00 bits per heavy atom. The highest BCUT2D eigenvalue weighted by Gasteiger charge is 2.35. The number of nitrogens with one attached hydrogen (secondary N) is 1. The highest BCUT2D eigenvalue weighted by atomic mass is 32.2. The molecule has 0 bridgehead atoms. The molecule has 16 heavy (non-hydrogen) atoms. The lowest BCUT2D eigenvalue weighted by molar-refractivity contribution is 0.167. The summed E-state index contributed by atoms with van der Waals surface area (Å²) in [4.78, 5) is 2.33. The summed E-state index contributed by atoms with van der Waals surface area (Å²) in [7, 11) is -2.73. The molecule has 1 atom stereocenters. The van der Waals surface area contributed by atoms with E-state index >= 15 is 0 Å². The molecule has 0 saturated carbocycles. The maximum absolute atomic E-state index is 11.3. The molecule has 0 aromatic carbocycles. The van der Waals surface area contributed by atoms with Gasteiger partial charge in [-0.1, -0.05) is 6.92 Å². The molecule has 0 aliphatic carbocycles. The van der Waals surface area contributed by atoms with Crippen molar-refractivity contribution in [1.29, 1.82) is 0 Å². The minimum atomic E-state index is -2.73. The molecule has 0 spiro atoms. The summed E-state index contributed by atoms with van der Waals surface area (Å²) in [6.07, 6.45) is 2.41. The van der Waals surface area contributed by atoms with Gasteiger partial charge in [0.15, 0.2) is 9.84 Å². The number of sulfone groups is 1. The second-order valence-corrected chi connectivity index (χ2v) is 7.51. The molecule has 2 aliphatic rings. The lowest BCUT2D eigenvalue weighted by atomic mass is 9.83. The molecule has 0 radical (unpaired) electrons. The van der Waals surface area contributed by atoms with Gasteiger partial charge in [0.1, 0.15) is 0 Å². The van der Waals surface area contributed by atoms with Crippen molar-refractivity contribution in [1.82, 2.24) is 10.2 Å². The van der Waals surface area contributed by atoms with Gasteiger partial charge in [-0.3, -0.25) is 0 Å². The summed E-state index contributed by atoms with van der Waals surface area (Å²) in [6.45, 7) is 6.96. The van der Waals surface area contributed by atoms with Crippen LogP contribution in [-0.2, 0) is 9.84 Å². The monoisotopic (exact) mass is 246 g/mol. The molecular formula is C11H22N2O2S. The topological polar surface area (TPSA) is 49.4 Å². The van der Waals surface area contributed by atoms with Gasteiger partial charge in [0.2, 0.25) is 0 Å². The quantitative estimate of drug-likeness (QED) is 0.768. The van der Waals surface area contributed by atoms with Crippen molar-refractivity contribution < 1.29 is 8.42 Å². The van der Waals surface area contributed by atoms with Crippen LogP contribution >= 0.6 is 0 Å². The van der Waals surface area contributed by atoms with Gasteiger partial charge in [-0.05, 0) is 24.8 Å². The first kappa shape index (κ1) is 12.3. The van der Waals surface area contributed by atoms with Gasteiger partial charge >= 0.3 is 0 Å². The molecule has 94 valence electrons. The van der Waals surface area contributed by atoms with Gasteiger partial charge in [-0.25, -0.2) is 8.42 Å². The number of nitrogens with zero attached hydrogens (tertiary/aromatic N) is 1. The molecule has 2 heterocycles. The summed E-state index contributed by atoms with van der Waals surface area (Å²) in [5, 5.41) is 3.43. The average Bonchev–Trinajstić information content (AvgIpc) is 2.71. The van der Waals surface area contributed by atoms with Crippen LogP contribution < -0.4 is 5.32 Å². The zero-order chi connectivity index (χ0) is 11.6. The van der Waals surface area contributed by atoms with E-state index in [0.717, 1.165) is 32.7 Å². The van der Waals surface area contributed by atoms with Crippen molar-refractivity contribution in [3.63, 3.8) is 0 Å². The molecule has 4 nitrogen and oxygen atoms in total. The standard InChI is InChI=1S/C11H22N2O2S/c1-2-11(3-4-12-9-11)10-13-5-7-16(14,15)8-6-13/h12H,2-10H2,1H3. The van der Waals surface area contributed by atoms with E-state index in [1.165, 1.54) is 12.8 Å². The molecule has 2 saturated heterocycles. The Morgan fingerprint density at radius 1 is 1.31 bits per heavy atom. The molecule has 0 aromatic rings. The fraction of sp³-hybridized carbons (Fsp3) is 1.00. The first-order valence-electron chi connectivity index (χ1n) is 6.19. The second kappa shape index (κ2) is 4.63. The average molecular weight is 246 g/mol. The zero-order valence-electron chi connectivity index (χ0n) is 10.0. The van der Waals surface area contributed by atoms with Crippen molar-refractivity contribution >= 4 is 9.84 Å². The van der Waals surface area contributed by atoms with Crippen LogP contribution in [0.3, 0.4) is 0 Å². The molecule has 5 heteroatoms. The van der Waals surface area contributed by atoms with E-state index in [-0.39, 0.29) is 0 Å². The third kappa shape index (κ3) is 2.76. The highest BCUT2D eigenvalue weighted by Crippen LogP contribution is 2.30. The van der Waals surface area contributed by atoms with Crippen molar-refractivity contribution in [3.05, 3.63) is 0 Å². The lowest BCUT2D eigenvalue weighted by Gasteiger charge is -2.36. The van der Waals surface area contributed by atoms with Crippen LogP contribution in [0.25, 0.3) is 0 Å². The van der Waals surface area contributed by atoms with E-state index in [0.29, 0.717) is 16.9 Å². The molecule has 0 amide bonds. The minimum Gasteiger partial charge on any atom is -0.316 e. The van der Waals surface area contributed by atoms with Crippen LogP contribution in [0.4, 0.5) is 0 Å². The largest absolute Gasteiger partial charge is 0.316 e. The lowest BCUT2D eigenvalue weighted by Crippen LogP contribution is -2.46. The number of hydrogen-bond donors (Lipinski definition) is 1. The summed E-state index contributed by atoms with van der Waals surface area (Å²) < 4.78 is 22.7. The molecular weight excluding hydrogens is 224 g/mol. The maximum atomic E-state index is 11.3. The molecule has 0 aromatic heterocycles. The van der Waals surface area contributed by atoms with Gasteiger partial charge in [-0.15, -0.1) is 0 Å². The SMILES string of the molecule is CCC1(CN2CCS(=O)(=O)CC2)CCNC1. The maximum Gasteiger partial charge on any atom is 0.152 e. The van der Waals surface area contributed by atoms with Crippen LogP contribution in [0, 0.1) is 5.41 Å². The van der Waals surface area contributed by atoms with Crippen molar-refractivity contribution in [2.45, 2.75) is 19.8 Å². The van der Waals surface area contributed by atoms with Gasteiger partial charge in [-0.2, -0.15) is 0 Å². The smallest absolute Gasteiger partial charge is 0.152 e. The van der Waals surface area contributed by atoms with Crippen LogP contribution in [0.15, 0.2) is 0 Å². The summed E-state index contributed by atoms with van der Waals surface area (Å²) in [5.74, 6) is 0.695. The van der Waals surface area contributed by atoms with E-state index in [9.17, 15) is 8.42 Å². The second-order valence-electron chi connectivity index (χ2n) is 5.21. The van der Waals surface area contributed by atoms with E-state index < -0.39 is 9.84 Å². The Kier molecular flexibility index (Phi) is 3.56. The Labute approximate surface area is 98.3 Å². The Morgan fingerprint density at radius 3 is 2.50 bits per heavy atom. The Hall–Kier alpha value is -0.130. The number of hydrogen-bond acceptors (Lipinski definition) is 4. The molecule has 1 N–H and O–H groups in total. The van der Waals surface area contributed by atoms with Crippen LogP contribution in [0.1, 0.15) is 19.8 Å². The van der Waals surface area contributed by atoms with E-state index in [4.69, 9.17) is 0 Å². The van der Waals surface area contributed by atoms with Crippen molar-refractivity contribution in [2.75, 3.05) is 44.2 Å². The predicted octanol–water partition coefficient (Wildman–Crippen LogP) is 0.107. The van der Waals surface area contributed by atoms with E-state index in [2.05, 4.69) is 17.1 Å². The van der Waals surface area contributed by atoms with E-state index in [1.54, 1.807) is 0 Å². The summed E-state index contributed by atoms with van der Waals surface area (Å²) in [5.41, 5.74) is 0.390. The molecule has 2 rings (SSSR count). The van der Waals surface area contributed by atoms with E-state index in [1.807, 2.05) is 0 Å². The summed E-state index contributed by atoms with van der Waals surface area (Å²) in [6, 6.07) is 0. The third-order valence-electron chi connectivity index (χ3n) is 4.08. The minimum absolute atomic E-state index is 0.347. The molecule has 2 fully saturated rings. The fourth-order valence-electron chi connectivity index (χ4n) is 2.73. The Bertz CT molecular complexity index is 320. The van der Waals surface area contributed by atoms with Crippen LogP contribution in [0.2, 0.25) is 0 Å². The predicted molar refractivity (Wildman–Crippen MR) is 65.3 cm³/mol. The first-order chi connectivity index (χ1) is 7.55. The Balaban J connectivity index is 1.90. The third-order valence-corrected chi connectivity index (χ3v) is 5.69. The van der Waals surface area contributed by atoms with Gasteiger partial charge < -0.3 is 10.2 Å². The van der Waals surface area contributed by atoms with Crippen LogP contribution in [-0.4, -0.2) is 57.5 Å². The van der Waals surface area contributed by atoms with Gasteiger partial charge in [0.05, 0.1) is 11.5 Å². The zero-order valence-corrected chi connectivity index (χ0v) is 10.9. The first-order valence-corrected chi connectivity index (χ1v) is 8.01. The molecule has 2 aliphatic heterocycles. The van der Waals surface area contributed by atoms with Gasteiger partial charge in [0.25, 0.3) is 0 Å². The summed E-state index contributed by atoms with van der Waals surface area (Å²) >= 11 is 0. The molecule has 1 unspecified atom stereocenters. The normalized spacial score (nSPS) is 35.3. The van der Waals surface area contributed by atoms with Crippen LogP contribution in [0.5, 0.6) is 0 Å². The highest BCUT2D eigenvalue weighted by molar-refractivity contribution is 7.91. The van der Waals surface area contributed by atoms with Crippen molar-refractivity contribution in [3.8, 4) is 0 Å².